The van der Waals surface area contributed by atoms with Crippen LogP contribution in [0.15, 0.2) is 41.4 Å². The molecule has 0 N–H and O–H groups in total. The van der Waals surface area contributed by atoms with Crippen LogP contribution in [0.5, 0.6) is 0 Å². The van der Waals surface area contributed by atoms with Gasteiger partial charge in [-0.25, -0.2) is 13.8 Å². The predicted molar refractivity (Wildman–Crippen MR) is 125 cm³/mol. The van der Waals surface area contributed by atoms with Crippen molar-refractivity contribution in [2.75, 3.05) is 6.61 Å². The molecule has 1 unspecified atom stereocenters. The Hall–Kier alpha value is -2.23. The third-order valence-electron chi connectivity index (χ3n) is 7.82. The van der Waals surface area contributed by atoms with E-state index >= 15 is 4.39 Å². The van der Waals surface area contributed by atoms with Gasteiger partial charge in [0, 0.05) is 5.56 Å². The zero-order valence-electron chi connectivity index (χ0n) is 19.3. The Morgan fingerprint density at radius 3 is 2.31 bits per heavy atom. The number of hydrogen-bond donors (Lipinski definition) is 0. The van der Waals surface area contributed by atoms with Gasteiger partial charge < -0.3 is 4.74 Å². The zero-order valence-corrected chi connectivity index (χ0v) is 19.3. The molecule has 0 aromatic heterocycles. The van der Waals surface area contributed by atoms with Crippen molar-refractivity contribution < 1.29 is 13.5 Å². The largest absolute Gasteiger partial charge is 0.475 e. The fourth-order valence-electron chi connectivity index (χ4n) is 6.02. The van der Waals surface area contributed by atoms with Crippen LogP contribution < -0.4 is 0 Å². The second-order valence-corrected chi connectivity index (χ2v) is 10.9. The Labute approximate surface area is 190 Å². The van der Waals surface area contributed by atoms with Gasteiger partial charge in [-0.05, 0) is 98.9 Å². The molecule has 0 amide bonds. The van der Waals surface area contributed by atoms with Gasteiger partial charge in [0.05, 0.1) is 11.1 Å². The van der Waals surface area contributed by atoms with Crippen molar-refractivity contribution in [1.29, 1.82) is 0 Å². The van der Waals surface area contributed by atoms with Crippen LogP contribution in [0.3, 0.4) is 0 Å². The molecule has 1 aliphatic heterocycles. The van der Waals surface area contributed by atoms with Gasteiger partial charge >= 0.3 is 0 Å². The van der Waals surface area contributed by atoms with E-state index in [1.807, 2.05) is 26.0 Å². The maximum absolute atomic E-state index is 15.1. The second-order valence-electron chi connectivity index (χ2n) is 10.9. The molecule has 0 spiro atoms. The monoisotopic (exact) mass is 437 g/mol. The quantitative estimate of drug-likeness (QED) is 0.487. The van der Waals surface area contributed by atoms with Crippen molar-refractivity contribution in [3.05, 3.63) is 59.2 Å². The minimum atomic E-state index is -0.438. The molecule has 2 fully saturated rings. The van der Waals surface area contributed by atoms with E-state index in [2.05, 4.69) is 11.9 Å². The average Bonchev–Trinajstić information content (AvgIpc) is 3.12. The summed E-state index contributed by atoms with van der Waals surface area (Å²) in [4.78, 5) is 4.45. The number of benzene rings is 2. The van der Waals surface area contributed by atoms with Gasteiger partial charge in [0.1, 0.15) is 18.2 Å². The Bertz CT molecular complexity index is 1040. The number of nitrogens with zero attached hydrogens (tertiary/aromatic N) is 1. The molecule has 1 heterocycles. The van der Waals surface area contributed by atoms with Gasteiger partial charge in [-0.1, -0.05) is 31.5 Å². The molecular weight excluding hydrogens is 404 g/mol. The first-order valence-corrected chi connectivity index (χ1v) is 12.1. The third kappa shape index (κ3) is 4.21. The van der Waals surface area contributed by atoms with Crippen molar-refractivity contribution in [2.24, 2.45) is 22.7 Å². The van der Waals surface area contributed by atoms with Crippen LogP contribution in [-0.2, 0) is 4.74 Å². The summed E-state index contributed by atoms with van der Waals surface area (Å²) in [6.07, 6.45) is 7.60. The normalized spacial score (nSPS) is 29.2. The number of aliphatic imine (C=N–C) groups is 1. The van der Waals surface area contributed by atoms with Crippen LogP contribution in [0.25, 0.3) is 11.1 Å². The average molecular weight is 438 g/mol. The second kappa shape index (κ2) is 8.28. The first-order valence-electron chi connectivity index (χ1n) is 12.1. The van der Waals surface area contributed by atoms with Crippen molar-refractivity contribution in [1.82, 2.24) is 0 Å². The molecule has 5 rings (SSSR count). The Morgan fingerprint density at radius 1 is 0.875 bits per heavy atom. The summed E-state index contributed by atoms with van der Waals surface area (Å²) in [5, 5.41) is 0. The molecule has 4 atom stereocenters. The summed E-state index contributed by atoms with van der Waals surface area (Å²) in [7, 11) is 0. The highest BCUT2D eigenvalue weighted by Gasteiger charge is 2.35. The molecule has 3 aliphatic rings. The summed E-state index contributed by atoms with van der Waals surface area (Å²) in [6, 6.07) is 10.3. The van der Waals surface area contributed by atoms with E-state index in [1.165, 1.54) is 38.2 Å². The Morgan fingerprint density at radius 2 is 1.59 bits per heavy atom. The minimum absolute atomic E-state index is 0.273. The summed E-state index contributed by atoms with van der Waals surface area (Å²) in [5.74, 6) is 2.56. The smallest absolute Gasteiger partial charge is 0.219 e. The van der Waals surface area contributed by atoms with Gasteiger partial charge in [-0.2, -0.15) is 0 Å². The van der Waals surface area contributed by atoms with Crippen LogP contribution >= 0.6 is 0 Å². The van der Waals surface area contributed by atoms with Crippen molar-refractivity contribution in [3.8, 4) is 11.1 Å². The first-order chi connectivity index (χ1) is 15.3. The molecule has 2 aromatic rings. The van der Waals surface area contributed by atoms with Gasteiger partial charge in [-0.15, -0.1) is 0 Å². The SMILES string of the molecule is CC1CC[C@@H]2C[C@H](c3ccc(-c4ccc(C5=NC(C)(C)CO5)c(F)c4)c(F)c3)CC[C@@H]2C1. The molecular formula is C28H33F2NO. The lowest BCUT2D eigenvalue weighted by atomic mass is 9.64. The highest BCUT2D eigenvalue weighted by molar-refractivity contribution is 5.96. The van der Waals surface area contributed by atoms with E-state index in [-0.39, 0.29) is 11.4 Å². The van der Waals surface area contributed by atoms with E-state index in [0.717, 1.165) is 29.7 Å². The standard InChI is InChI=1S/C28H33F2NO/c1-17-4-5-19-13-20(7-6-18(19)12-17)21-8-10-23(25(29)14-21)22-9-11-24(26(30)15-22)27-31-28(2,3)16-32-27/h8-11,14-15,17-20H,4-7,12-13,16H2,1-3H3/t17?,18-,19-,20-/m1/s1. The predicted octanol–water partition coefficient (Wildman–Crippen LogP) is 7.51. The summed E-state index contributed by atoms with van der Waals surface area (Å²) in [5.41, 5.74) is 2.05. The number of halogens is 2. The zero-order chi connectivity index (χ0) is 22.5. The van der Waals surface area contributed by atoms with Crippen LogP contribution in [0.4, 0.5) is 8.78 Å². The molecule has 2 saturated carbocycles. The molecule has 2 aromatic carbocycles. The van der Waals surface area contributed by atoms with Gasteiger partial charge in [-0.3, -0.25) is 0 Å². The fraction of sp³-hybridized carbons (Fsp3) is 0.536. The molecule has 0 saturated heterocycles. The lowest BCUT2D eigenvalue weighted by Crippen LogP contribution is -2.29. The Kier molecular flexibility index (Phi) is 5.59. The molecule has 170 valence electrons. The summed E-state index contributed by atoms with van der Waals surface area (Å²) >= 11 is 0. The van der Waals surface area contributed by atoms with E-state index < -0.39 is 5.82 Å². The van der Waals surface area contributed by atoms with Crippen LogP contribution in [0, 0.1) is 29.4 Å². The molecule has 32 heavy (non-hydrogen) atoms. The maximum atomic E-state index is 15.1. The van der Waals surface area contributed by atoms with Crippen molar-refractivity contribution in [3.63, 3.8) is 0 Å². The summed E-state index contributed by atoms with van der Waals surface area (Å²) in [6.45, 7) is 6.71. The highest BCUT2D eigenvalue weighted by Crippen LogP contribution is 2.47. The molecule has 0 bridgehead atoms. The van der Waals surface area contributed by atoms with Gasteiger partial charge in [0.2, 0.25) is 5.90 Å². The van der Waals surface area contributed by atoms with E-state index in [4.69, 9.17) is 4.74 Å². The van der Waals surface area contributed by atoms with Crippen molar-refractivity contribution >= 4 is 5.90 Å². The number of rotatable bonds is 3. The lowest BCUT2D eigenvalue weighted by molar-refractivity contribution is 0.124. The summed E-state index contributed by atoms with van der Waals surface area (Å²) < 4.78 is 35.5. The first kappa shape index (κ1) is 21.6. The van der Waals surface area contributed by atoms with Crippen LogP contribution in [0.2, 0.25) is 0 Å². The van der Waals surface area contributed by atoms with E-state index in [1.54, 1.807) is 18.2 Å². The van der Waals surface area contributed by atoms with E-state index in [0.29, 0.717) is 35.1 Å². The minimum Gasteiger partial charge on any atom is -0.475 e. The topological polar surface area (TPSA) is 21.6 Å². The molecule has 4 heteroatoms. The molecule has 2 nitrogen and oxygen atoms in total. The molecule has 0 radical (unpaired) electrons. The van der Waals surface area contributed by atoms with Crippen molar-refractivity contribution in [2.45, 2.75) is 70.8 Å². The number of fused-ring (bicyclic) bond motifs is 1. The molecule has 2 aliphatic carbocycles. The van der Waals surface area contributed by atoms with Crippen LogP contribution in [0.1, 0.15) is 76.3 Å². The third-order valence-corrected chi connectivity index (χ3v) is 7.82. The van der Waals surface area contributed by atoms with Gasteiger partial charge in [0.25, 0.3) is 0 Å². The fourth-order valence-corrected chi connectivity index (χ4v) is 6.02. The van der Waals surface area contributed by atoms with Crippen LogP contribution in [-0.4, -0.2) is 18.0 Å². The van der Waals surface area contributed by atoms with E-state index in [9.17, 15) is 4.39 Å². The van der Waals surface area contributed by atoms with Gasteiger partial charge in [0.15, 0.2) is 0 Å². The lowest BCUT2D eigenvalue weighted by Gasteiger charge is -2.41. The number of hydrogen-bond acceptors (Lipinski definition) is 2. The Balaban J connectivity index is 1.34. The maximum Gasteiger partial charge on any atom is 0.219 e. The highest BCUT2D eigenvalue weighted by atomic mass is 19.1. The number of ether oxygens (including phenoxy) is 1.